The standard InChI is InChI=1S/C24H29FN4O2/c1-18-6-4-11-29-22(17-27-24(18)29)20(19-7-2-3-8-21(19)25)16-23(30)26-9-5-10-28-12-14-31-15-13-28/h2-4,6-8,11,17,20H,5,9-10,12-16H2,1H3,(H,26,30). The molecular weight excluding hydrogens is 395 g/mol. The van der Waals surface area contributed by atoms with Crippen LogP contribution in [0.25, 0.3) is 5.65 Å². The van der Waals surface area contributed by atoms with Gasteiger partial charge in [-0.1, -0.05) is 24.3 Å². The molecule has 1 amide bonds. The number of nitrogens with zero attached hydrogens (tertiary/aromatic N) is 3. The van der Waals surface area contributed by atoms with Gasteiger partial charge in [-0.25, -0.2) is 9.37 Å². The molecule has 2 aromatic heterocycles. The number of aryl methyl sites for hydroxylation is 1. The van der Waals surface area contributed by atoms with Crippen molar-refractivity contribution >= 4 is 11.6 Å². The summed E-state index contributed by atoms with van der Waals surface area (Å²) in [5.41, 5.74) is 3.18. The summed E-state index contributed by atoms with van der Waals surface area (Å²) in [7, 11) is 0. The normalized spacial score (nSPS) is 15.8. The van der Waals surface area contributed by atoms with Crippen molar-refractivity contribution in [1.29, 1.82) is 0 Å². The summed E-state index contributed by atoms with van der Waals surface area (Å²) in [5.74, 6) is -0.815. The Morgan fingerprint density at radius 2 is 2.03 bits per heavy atom. The van der Waals surface area contributed by atoms with Crippen LogP contribution in [0.2, 0.25) is 0 Å². The maximum atomic E-state index is 14.7. The van der Waals surface area contributed by atoms with Crippen molar-refractivity contribution in [2.45, 2.75) is 25.7 Å². The third-order valence-electron chi connectivity index (χ3n) is 5.86. The van der Waals surface area contributed by atoms with Gasteiger partial charge in [0.25, 0.3) is 0 Å². The summed E-state index contributed by atoms with van der Waals surface area (Å²) < 4.78 is 22.0. The number of nitrogens with one attached hydrogen (secondary N) is 1. The lowest BCUT2D eigenvalue weighted by Gasteiger charge is -2.26. The molecule has 4 rings (SSSR count). The average molecular weight is 425 g/mol. The van der Waals surface area contributed by atoms with E-state index in [1.807, 2.05) is 29.7 Å². The topological polar surface area (TPSA) is 58.9 Å². The molecule has 3 heterocycles. The molecule has 1 unspecified atom stereocenters. The number of pyridine rings is 1. The molecule has 0 aliphatic carbocycles. The Morgan fingerprint density at radius 3 is 2.84 bits per heavy atom. The predicted molar refractivity (Wildman–Crippen MR) is 118 cm³/mol. The molecule has 3 aromatic rings. The van der Waals surface area contributed by atoms with Gasteiger partial charge in [-0.2, -0.15) is 0 Å². The van der Waals surface area contributed by atoms with E-state index in [1.54, 1.807) is 24.4 Å². The molecular formula is C24H29FN4O2. The summed E-state index contributed by atoms with van der Waals surface area (Å²) >= 11 is 0. The van der Waals surface area contributed by atoms with Crippen LogP contribution in [0.1, 0.15) is 35.6 Å². The maximum absolute atomic E-state index is 14.7. The van der Waals surface area contributed by atoms with E-state index in [2.05, 4.69) is 15.2 Å². The molecule has 0 spiro atoms. The van der Waals surface area contributed by atoms with Gasteiger partial charge in [-0.3, -0.25) is 9.69 Å². The zero-order chi connectivity index (χ0) is 21.6. The smallest absolute Gasteiger partial charge is 0.221 e. The number of carbonyl (C=O) groups excluding carboxylic acids is 1. The quantitative estimate of drug-likeness (QED) is 0.565. The lowest BCUT2D eigenvalue weighted by Crippen LogP contribution is -2.38. The summed E-state index contributed by atoms with van der Waals surface area (Å²) in [4.78, 5) is 19.7. The van der Waals surface area contributed by atoms with Gasteiger partial charge in [-0.15, -0.1) is 0 Å². The molecule has 31 heavy (non-hydrogen) atoms. The number of hydrogen-bond acceptors (Lipinski definition) is 4. The van der Waals surface area contributed by atoms with E-state index in [1.165, 1.54) is 6.07 Å². The van der Waals surface area contributed by atoms with Gasteiger partial charge >= 0.3 is 0 Å². The van der Waals surface area contributed by atoms with Crippen LogP contribution >= 0.6 is 0 Å². The first kappa shape index (κ1) is 21.5. The number of imidazole rings is 1. The Labute approximate surface area is 182 Å². The summed E-state index contributed by atoms with van der Waals surface area (Å²) in [6.45, 7) is 6.96. The van der Waals surface area contributed by atoms with E-state index in [-0.39, 0.29) is 18.1 Å². The molecule has 164 valence electrons. The number of benzene rings is 1. The highest BCUT2D eigenvalue weighted by molar-refractivity contribution is 5.77. The molecule has 7 heteroatoms. The van der Waals surface area contributed by atoms with Crippen molar-refractivity contribution in [2.24, 2.45) is 0 Å². The van der Waals surface area contributed by atoms with Crippen molar-refractivity contribution < 1.29 is 13.9 Å². The predicted octanol–water partition coefficient (Wildman–Crippen LogP) is 3.14. The molecule has 0 radical (unpaired) electrons. The first-order valence-electron chi connectivity index (χ1n) is 10.9. The fourth-order valence-corrected chi connectivity index (χ4v) is 4.17. The second-order valence-electron chi connectivity index (χ2n) is 8.00. The van der Waals surface area contributed by atoms with Crippen molar-refractivity contribution in [3.8, 4) is 0 Å². The lowest BCUT2D eigenvalue weighted by molar-refractivity contribution is -0.121. The van der Waals surface area contributed by atoms with E-state index in [0.717, 1.165) is 56.2 Å². The molecule has 1 aromatic carbocycles. The Kier molecular flexibility index (Phi) is 6.94. The first-order chi connectivity index (χ1) is 15.1. The minimum atomic E-state index is -0.419. The summed E-state index contributed by atoms with van der Waals surface area (Å²) in [5, 5.41) is 3.01. The molecule has 0 saturated carbocycles. The second kappa shape index (κ2) is 10.0. The van der Waals surface area contributed by atoms with Crippen LogP contribution in [-0.4, -0.2) is 59.6 Å². The number of halogens is 1. The molecule has 0 bridgehead atoms. The number of amides is 1. The Morgan fingerprint density at radius 1 is 1.23 bits per heavy atom. The fraction of sp³-hybridized carbons (Fsp3) is 0.417. The van der Waals surface area contributed by atoms with Gasteiger partial charge in [0.1, 0.15) is 11.5 Å². The minimum absolute atomic E-state index is 0.0853. The molecule has 1 N–H and O–H groups in total. The SMILES string of the molecule is Cc1cccn2c(C(CC(=O)NCCCN3CCOCC3)c3ccccc3F)cnc12. The van der Waals surface area contributed by atoms with Crippen LogP contribution < -0.4 is 5.32 Å². The van der Waals surface area contributed by atoms with Crippen LogP contribution in [-0.2, 0) is 9.53 Å². The maximum Gasteiger partial charge on any atom is 0.221 e. The third-order valence-corrected chi connectivity index (χ3v) is 5.86. The van der Waals surface area contributed by atoms with E-state index in [0.29, 0.717) is 12.1 Å². The van der Waals surface area contributed by atoms with Gasteiger partial charge in [-0.05, 0) is 43.1 Å². The molecule has 1 aliphatic rings. The van der Waals surface area contributed by atoms with Crippen LogP contribution in [0, 0.1) is 12.7 Å². The zero-order valence-electron chi connectivity index (χ0n) is 17.9. The van der Waals surface area contributed by atoms with Crippen LogP contribution in [0.15, 0.2) is 48.8 Å². The third kappa shape index (κ3) is 5.11. The summed E-state index contributed by atoms with van der Waals surface area (Å²) in [6.07, 6.45) is 4.72. The number of aromatic nitrogens is 2. The Bertz CT molecular complexity index is 1030. The van der Waals surface area contributed by atoms with Gasteiger partial charge in [0, 0.05) is 44.4 Å². The van der Waals surface area contributed by atoms with Gasteiger partial charge in [0.2, 0.25) is 5.91 Å². The summed E-state index contributed by atoms with van der Waals surface area (Å²) in [6, 6.07) is 10.6. The Balaban J connectivity index is 1.47. The highest BCUT2D eigenvalue weighted by Crippen LogP contribution is 2.31. The number of rotatable bonds is 8. The molecule has 6 nitrogen and oxygen atoms in total. The monoisotopic (exact) mass is 424 g/mol. The van der Waals surface area contributed by atoms with Crippen LogP contribution in [0.5, 0.6) is 0 Å². The van der Waals surface area contributed by atoms with Crippen molar-refractivity contribution in [3.05, 3.63) is 71.4 Å². The highest BCUT2D eigenvalue weighted by atomic mass is 19.1. The van der Waals surface area contributed by atoms with Crippen molar-refractivity contribution in [3.63, 3.8) is 0 Å². The van der Waals surface area contributed by atoms with E-state index in [4.69, 9.17) is 4.74 Å². The number of morpholine rings is 1. The van der Waals surface area contributed by atoms with E-state index < -0.39 is 5.92 Å². The van der Waals surface area contributed by atoms with Crippen molar-refractivity contribution in [2.75, 3.05) is 39.4 Å². The molecule has 1 saturated heterocycles. The molecule has 1 aliphatic heterocycles. The number of fused-ring (bicyclic) bond motifs is 1. The van der Waals surface area contributed by atoms with Gasteiger partial charge in [0.05, 0.1) is 18.9 Å². The average Bonchev–Trinajstić information content (AvgIpc) is 3.22. The highest BCUT2D eigenvalue weighted by Gasteiger charge is 2.24. The van der Waals surface area contributed by atoms with Crippen LogP contribution in [0.4, 0.5) is 4.39 Å². The van der Waals surface area contributed by atoms with Crippen molar-refractivity contribution in [1.82, 2.24) is 19.6 Å². The Hall–Kier alpha value is -2.77. The largest absolute Gasteiger partial charge is 0.379 e. The first-order valence-corrected chi connectivity index (χ1v) is 10.9. The lowest BCUT2D eigenvalue weighted by atomic mass is 9.92. The molecule has 1 fully saturated rings. The second-order valence-corrected chi connectivity index (χ2v) is 8.00. The van der Waals surface area contributed by atoms with Gasteiger partial charge in [0.15, 0.2) is 0 Å². The molecule has 1 atom stereocenters. The zero-order valence-corrected chi connectivity index (χ0v) is 17.9. The van der Waals surface area contributed by atoms with Crippen LogP contribution in [0.3, 0.4) is 0 Å². The fourth-order valence-electron chi connectivity index (χ4n) is 4.17. The van der Waals surface area contributed by atoms with E-state index in [9.17, 15) is 9.18 Å². The van der Waals surface area contributed by atoms with E-state index >= 15 is 0 Å². The number of carbonyl (C=O) groups is 1. The minimum Gasteiger partial charge on any atom is -0.379 e. The number of hydrogen-bond donors (Lipinski definition) is 1. The number of ether oxygens (including phenoxy) is 1. The van der Waals surface area contributed by atoms with Gasteiger partial charge < -0.3 is 14.5 Å².